The van der Waals surface area contributed by atoms with Crippen LogP contribution in [0.5, 0.6) is 0 Å². The summed E-state index contributed by atoms with van der Waals surface area (Å²) in [5.41, 5.74) is 2.88. The van der Waals surface area contributed by atoms with Crippen LogP contribution in [0.4, 0.5) is 0 Å². The number of carbonyl (C=O) groups is 1. The van der Waals surface area contributed by atoms with E-state index in [9.17, 15) is 4.79 Å². The van der Waals surface area contributed by atoms with Gasteiger partial charge < -0.3 is 4.74 Å². The average molecular weight is 434 g/mol. The first-order valence-electron chi connectivity index (χ1n) is 12.7. The molecule has 0 N–H and O–H groups in total. The number of nitriles is 1. The average Bonchev–Trinajstić information content (AvgIpc) is 2.83. The Kier molecular flexibility index (Phi) is 10.1. The normalized spacial score (nSPS) is 26.2. The molecule has 172 valence electrons. The highest BCUT2D eigenvalue weighted by molar-refractivity contribution is 5.72. The van der Waals surface area contributed by atoms with Gasteiger partial charge in [0.05, 0.1) is 12.0 Å². The number of benzene rings is 1. The number of ether oxygens (including phenoxy) is 1. The summed E-state index contributed by atoms with van der Waals surface area (Å²) in [4.78, 5) is 12.7. The second-order valence-electron chi connectivity index (χ2n) is 9.59. The zero-order valence-electron chi connectivity index (χ0n) is 19.7. The fourth-order valence-electron chi connectivity index (χ4n) is 5.18. The molecule has 3 rings (SSSR count). The van der Waals surface area contributed by atoms with Crippen LogP contribution in [0.1, 0.15) is 94.6 Å². The highest BCUT2D eigenvalue weighted by atomic mass is 16.5. The topological polar surface area (TPSA) is 50.1 Å². The summed E-state index contributed by atoms with van der Waals surface area (Å²) in [6.07, 6.45) is 20.6. The van der Waals surface area contributed by atoms with Gasteiger partial charge in [0.15, 0.2) is 0 Å². The van der Waals surface area contributed by atoms with Gasteiger partial charge in [-0.25, -0.2) is 0 Å². The van der Waals surface area contributed by atoms with Crippen LogP contribution in [-0.4, -0.2) is 12.1 Å². The van der Waals surface area contributed by atoms with Gasteiger partial charge in [-0.05, 0) is 87.2 Å². The van der Waals surface area contributed by atoms with Crippen molar-refractivity contribution in [2.45, 2.75) is 96.0 Å². The van der Waals surface area contributed by atoms with Gasteiger partial charge in [-0.2, -0.15) is 5.26 Å². The molecule has 2 saturated carbocycles. The smallest absolute Gasteiger partial charge is 0.309 e. The summed E-state index contributed by atoms with van der Waals surface area (Å²) in [5.74, 6) is 1.22. The molecule has 2 aliphatic carbocycles. The van der Waals surface area contributed by atoms with E-state index in [1.54, 1.807) is 6.08 Å². The maximum atomic E-state index is 12.7. The zero-order chi connectivity index (χ0) is 22.6. The third kappa shape index (κ3) is 7.66. The molecule has 0 saturated heterocycles. The minimum absolute atomic E-state index is 0.0330. The molecule has 1 aromatic rings. The monoisotopic (exact) mass is 433 g/mol. The number of hydrogen-bond acceptors (Lipinski definition) is 3. The Balaban J connectivity index is 1.37. The molecule has 0 aliphatic heterocycles. The van der Waals surface area contributed by atoms with E-state index >= 15 is 0 Å². The van der Waals surface area contributed by atoms with Gasteiger partial charge in [0, 0.05) is 6.08 Å². The van der Waals surface area contributed by atoms with Crippen molar-refractivity contribution in [1.29, 1.82) is 5.26 Å². The SMILES string of the molecule is CCCCCc1ccc([C@H]2CC[C@H](C(=O)O[C@H]3CC[C@H](C=CC=CC#N)CC3)CC2)cc1. The minimum atomic E-state index is 0.0330. The van der Waals surface area contributed by atoms with Crippen LogP contribution >= 0.6 is 0 Å². The van der Waals surface area contributed by atoms with Gasteiger partial charge in [0.25, 0.3) is 0 Å². The molecule has 2 fully saturated rings. The van der Waals surface area contributed by atoms with Crippen LogP contribution in [0.2, 0.25) is 0 Å². The molecule has 0 aromatic heterocycles. The number of nitrogens with zero attached hydrogens (tertiary/aromatic N) is 1. The molecule has 2 aliphatic rings. The number of hydrogen-bond donors (Lipinski definition) is 0. The Labute approximate surface area is 194 Å². The quantitative estimate of drug-likeness (QED) is 0.176. The second-order valence-corrected chi connectivity index (χ2v) is 9.59. The fraction of sp³-hybridized carbons (Fsp3) is 0.586. The maximum Gasteiger partial charge on any atom is 0.309 e. The predicted molar refractivity (Wildman–Crippen MR) is 130 cm³/mol. The van der Waals surface area contributed by atoms with Crippen molar-refractivity contribution < 1.29 is 9.53 Å². The molecule has 0 unspecified atom stereocenters. The van der Waals surface area contributed by atoms with Crippen molar-refractivity contribution in [3.63, 3.8) is 0 Å². The van der Waals surface area contributed by atoms with Gasteiger partial charge in [-0.15, -0.1) is 0 Å². The third-order valence-electron chi connectivity index (χ3n) is 7.25. The molecule has 3 nitrogen and oxygen atoms in total. The Hall–Kier alpha value is -2.34. The molecule has 1 aromatic carbocycles. The summed E-state index contributed by atoms with van der Waals surface area (Å²) in [6, 6.07) is 11.2. The van der Waals surface area contributed by atoms with Crippen LogP contribution in [0.15, 0.2) is 48.6 Å². The summed E-state index contributed by atoms with van der Waals surface area (Å²) in [5, 5.41) is 8.53. The first-order chi connectivity index (χ1) is 15.7. The van der Waals surface area contributed by atoms with E-state index in [0.29, 0.717) is 11.8 Å². The van der Waals surface area contributed by atoms with Crippen molar-refractivity contribution in [1.82, 2.24) is 0 Å². The van der Waals surface area contributed by atoms with E-state index in [1.807, 2.05) is 12.1 Å². The number of carbonyl (C=O) groups excluding carboxylic acids is 1. The van der Waals surface area contributed by atoms with Crippen LogP contribution in [0.25, 0.3) is 0 Å². The van der Waals surface area contributed by atoms with Crippen molar-refractivity contribution in [3.8, 4) is 6.07 Å². The number of rotatable bonds is 9. The largest absolute Gasteiger partial charge is 0.462 e. The highest BCUT2D eigenvalue weighted by Crippen LogP contribution is 2.37. The zero-order valence-corrected chi connectivity index (χ0v) is 19.7. The maximum absolute atomic E-state index is 12.7. The van der Waals surface area contributed by atoms with E-state index in [0.717, 1.165) is 51.4 Å². The lowest BCUT2D eigenvalue weighted by atomic mass is 9.78. The Morgan fingerprint density at radius 2 is 1.72 bits per heavy atom. The molecule has 0 spiro atoms. The molecule has 32 heavy (non-hydrogen) atoms. The molecule has 0 heterocycles. The third-order valence-corrected chi connectivity index (χ3v) is 7.25. The van der Waals surface area contributed by atoms with E-state index < -0.39 is 0 Å². The number of unbranched alkanes of at least 4 members (excludes halogenated alkanes) is 2. The van der Waals surface area contributed by atoms with E-state index in [1.165, 1.54) is 42.9 Å². The van der Waals surface area contributed by atoms with Crippen LogP contribution in [-0.2, 0) is 16.0 Å². The van der Waals surface area contributed by atoms with E-state index in [4.69, 9.17) is 10.00 Å². The van der Waals surface area contributed by atoms with Crippen LogP contribution in [0.3, 0.4) is 0 Å². The van der Waals surface area contributed by atoms with Crippen molar-refractivity contribution >= 4 is 5.97 Å². The van der Waals surface area contributed by atoms with Gasteiger partial charge in [-0.1, -0.05) is 62.3 Å². The Morgan fingerprint density at radius 1 is 1.00 bits per heavy atom. The van der Waals surface area contributed by atoms with Crippen LogP contribution in [0, 0.1) is 23.2 Å². The van der Waals surface area contributed by atoms with E-state index in [-0.39, 0.29) is 18.0 Å². The Bertz CT molecular complexity index is 785. The van der Waals surface area contributed by atoms with Crippen molar-refractivity contribution in [3.05, 3.63) is 59.7 Å². The molecular formula is C29H39NO2. The molecule has 0 amide bonds. The minimum Gasteiger partial charge on any atom is -0.462 e. The summed E-state index contributed by atoms with van der Waals surface area (Å²) >= 11 is 0. The molecule has 0 bridgehead atoms. The van der Waals surface area contributed by atoms with Gasteiger partial charge >= 0.3 is 5.97 Å². The predicted octanol–water partition coefficient (Wildman–Crippen LogP) is 7.43. The molecular weight excluding hydrogens is 394 g/mol. The van der Waals surface area contributed by atoms with Gasteiger partial charge in [-0.3, -0.25) is 4.79 Å². The lowest BCUT2D eigenvalue weighted by Gasteiger charge is -2.31. The number of aryl methyl sites for hydroxylation is 1. The number of esters is 1. The van der Waals surface area contributed by atoms with Crippen molar-refractivity contribution in [2.75, 3.05) is 0 Å². The van der Waals surface area contributed by atoms with Crippen molar-refractivity contribution in [2.24, 2.45) is 11.8 Å². The summed E-state index contributed by atoms with van der Waals surface area (Å²) in [7, 11) is 0. The highest BCUT2D eigenvalue weighted by Gasteiger charge is 2.30. The van der Waals surface area contributed by atoms with Gasteiger partial charge in [0.1, 0.15) is 6.10 Å². The lowest BCUT2D eigenvalue weighted by molar-refractivity contribution is -0.157. The second kappa shape index (κ2) is 13.3. The van der Waals surface area contributed by atoms with E-state index in [2.05, 4.69) is 37.3 Å². The molecule has 0 radical (unpaired) electrons. The lowest BCUT2D eigenvalue weighted by Crippen LogP contribution is -2.29. The first kappa shape index (κ1) is 24.3. The standard InChI is InChI=1S/C29H39NO2/c1-2-3-5-8-23-10-14-25(15-11-23)26-16-18-27(19-17-26)29(31)32-28-20-12-24(13-21-28)9-6-4-7-22-30/h4,6-7,9-11,14-15,24,26-28H,2-3,5,8,12-13,16-21H2,1H3/t24-,26-,27-,28-. The summed E-state index contributed by atoms with van der Waals surface area (Å²) < 4.78 is 5.91. The van der Waals surface area contributed by atoms with Crippen LogP contribution < -0.4 is 0 Å². The molecule has 0 atom stereocenters. The Morgan fingerprint density at radius 3 is 2.38 bits per heavy atom. The fourth-order valence-corrected chi connectivity index (χ4v) is 5.18. The molecule has 3 heteroatoms. The van der Waals surface area contributed by atoms with Gasteiger partial charge in [0.2, 0.25) is 0 Å². The first-order valence-corrected chi connectivity index (χ1v) is 12.7. The number of allylic oxidation sites excluding steroid dienone is 4. The summed E-state index contributed by atoms with van der Waals surface area (Å²) in [6.45, 7) is 2.25.